The van der Waals surface area contributed by atoms with E-state index in [1.165, 1.54) is 18.2 Å². The smallest absolute Gasteiger partial charge is 0.263 e. The summed E-state index contributed by atoms with van der Waals surface area (Å²) in [6.45, 7) is 2.91. The van der Waals surface area contributed by atoms with E-state index in [0.717, 1.165) is 6.42 Å². The third kappa shape index (κ3) is 3.45. The minimum atomic E-state index is -0.618. The lowest BCUT2D eigenvalue weighted by Crippen LogP contribution is -2.40. The van der Waals surface area contributed by atoms with E-state index < -0.39 is 6.10 Å². The molecule has 104 valence electrons. The highest BCUT2D eigenvalue weighted by Crippen LogP contribution is 2.26. The van der Waals surface area contributed by atoms with Crippen LogP contribution in [0.3, 0.4) is 0 Å². The zero-order chi connectivity index (χ0) is 14.0. The molecule has 1 aliphatic heterocycles. The Bertz CT molecular complexity index is 484. The van der Waals surface area contributed by atoms with Gasteiger partial charge in [0, 0.05) is 19.1 Å². The Morgan fingerprint density at radius 2 is 2.37 bits per heavy atom. The third-order valence-electron chi connectivity index (χ3n) is 3.08. The highest BCUT2D eigenvalue weighted by Gasteiger charge is 2.28. The first-order valence-electron chi connectivity index (χ1n) is 6.13. The molecule has 1 aromatic carbocycles. The zero-order valence-corrected chi connectivity index (χ0v) is 12.2. The van der Waals surface area contributed by atoms with Crippen molar-refractivity contribution in [3.63, 3.8) is 0 Å². The van der Waals surface area contributed by atoms with Crippen molar-refractivity contribution in [3.05, 3.63) is 28.5 Å². The number of hydrogen-bond donors (Lipinski definition) is 1. The third-order valence-corrected chi connectivity index (χ3v) is 3.70. The van der Waals surface area contributed by atoms with Crippen molar-refractivity contribution < 1.29 is 13.9 Å². The SMILES string of the molecule is CC(Oc1ccc(F)cc1Br)C(=O)N1CC[C@H](N)C1. The summed E-state index contributed by atoms with van der Waals surface area (Å²) in [7, 11) is 0. The molecule has 2 N–H and O–H groups in total. The Balaban J connectivity index is 2.00. The molecule has 0 radical (unpaired) electrons. The molecule has 0 spiro atoms. The average Bonchev–Trinajstić information content (AvgIpc) is 2.78. The molecule has 1 fully saturated rings. The van der Waals surface area contributed by atoms with Crippen molar-refractivity contribution in [3.8, 4) is 5.75 Å². The molecule has 2 rings (SSSR count). The lowest BCUT2D eigenvalue weighted by atomic mass is 10.3. The van der Waals surface area contributed by atoms with E-state index in [1.54, 1.807) is 11.8 Å². The van der Waals surface area contributed by atoms with Gasteiger partial charge in [0.2, 0.25) is 0 Å². The fourth-order valence-electron chi connectivity index (χ4n) is 2.06. The number of carbonyl (C=O) groups excluding carboxylic acids is 1. The Morgan fingerprint density at radius 1 is 1.63 bits per heavy atom. The van der Waals surface area contributed by atoms with Gasteiger partial charge in [-0.2, -0.15) is 0 Å². The lowest BCUT2D eigenvalue weighted by molar-refractivity contribution is -0.136. The van der Waals surface area contributed by atoms with E-state index in [0.29, 0.717) is 23.3 Å². The van der Waals surface area contributed by atoms with Crippen LogP contribution >= 0.6 is 15.9 Å². The Morgan fingerprint density at radius 3 is 2.95 bits per heavy atom. The van der Waals surface area contributed by atoms with Gasteiger partial charge in [-0.25, -0.2) is 4.39 Å². The summed E-state index contributed by atoms with van der Waals surface area (Å²) in [5.74, 6) is -0.00126. The number of amides is 1. The van der Waals surface area contributed by atoms with Gasteiger partial charge < -0.3 is 15.4 Å². The highest BCUT2D eigenvalue weighted by molar-refractivity contribution is 9.10. The maximum absolute atomic E-state index is 13.0. The highest BCUT2D eigenvalue weighted by atomic mass is 79.9. The fraction of sp³-hybridized carbons (Fsp3) is 0.462. The second-order valence-electron chi connectivity index (χ2n) is 4.67. The number of halogens is 2. The zero-order valence-electron chi connectivity index (χ0n) is 10.6. The van der Waals surface area contributed by atoms with Crippen molar-refractivity contribution in [2.24, 2.45) is 5.73 Å². The Labute approximate surface area is 119 Å². The minimum absolute atomic E-state index is 0.0497. The molecule has 0 aliphatic carbocycles. The van der Waals surface area contributed by atoms with Crippen molar-refractivity contribution in [1.82, 2.24) is 4.90 Å². The van der Waals surface area contributed by atoms with Crippen LogP contribution < -0.4 is 10.5 Å². The molecule has 19 heavy (non-hydrogen) atoms. The van der Waals surface area contributed by atoms with E-state index >= 15 is 0 Å². The Kier molecular flexibility index (Phi) is 4.42. The predicted octanol–water partition coefficient (Wildman–Crippen LogP) is 1.92. The number of hydrogen-bond acceptors (Lipinski definition) is 3. The molecule has 6 heteroatoms. The molecule has 1 heterocycles. The lowest BCUT2D eigenvalue weighted by Gasteiger charge is -2.22. The van der Waals surface area contributed by atoms with Crippen LogP contribution in [0, 0.1) is 5.82 Å². The van der Waals surface area contributed by atoms with E-state index in [2.05, 4.69) is 15.9 Å². The predicted molar refractivity (Wildman–Crippen MR) is 73.4 cm³/mol. The maximum Gasteiger partial charge on any atom is 0.263 e. The molecule has 0 saturated carbocycles. The largest absolute Gasteiger partial charge is 0.480 e. The molecule has 1 saturated heterocycles. The molecule has 1 unspecified atom stereocenters. The molecule has 2 atom stereocenters. The summed E-state index contributed by atoms with van der Waals surface area (Å²) in [4.78, 5) is 13.8. The molecular formula is C13H16BrFN2O2. The molecule has 0 aromatic heterocycles. The van der Waals surface area contributed by atoms with Gasteiger partial charge >= 0.3 is 0 Å². The number of benzene rings is 1. The topological polar surface area (TPSA) is 55.6 Å². The number of carbonyl (C=O) groups is 1. The van der Waals surface area contributed by atoms with E-state index in [4.69, 9.17) is 10.5 Å². The molecule has 0 bridgehead atoms. The summed E-state index contributed by atoms with van der Waals surface area (Å²) < 4.78 is 19.0. The van der Waals surface area contributed by atoms with Crippen molar-refractivity contribution in [2.75, 3.05) is 13.1 Å². The minimum Gasteiger partial charge on any atom is -0.480 e. The van der Waals surface area contributed by atoms with Gasteiger partial charge in [0.1, 0.15) is 11.6 Å². The van der Waals surface area contributed by atoms with Gasteiger partial charge in [-0.3, -0.25) is 4.79 Å². The van der Waals surface area contributed by atoms with Crippen LogP contribution in [0.25, 0.3) is 0 Å². The summed E-state index contributed by atoms with van der Waals surface area (Å²) in [5, 5.41) is 0. The summed E-state index contributed by atoms with van der Waals surface area (Å²) in [6.07, 6.45) is 0.200. The van der Waals surface area contributed by atoms with Crippen LogP contribution in [0.15, 0.2) is 22.7 Å². The van der Waals surface area contributed by atoms with Crippen LogP contribution in [0.4, 0.5) is 4.39 Å². The van der Waals surface area contributed by atoms with E-state index in [-0.39, 0.29) is 17.8 Å². The van der Waals surface area contributed by atoms with Crippen LogP contribution in [0.2, 0.25) is 0 Å². The van der Waals surface area contributed by atoms with Gasteiger partial charge in [0.15, 0.2) is 6.10 Å². The van der Waals surface area contributed by atoms with Crippen molar-refractivity contribution in [1.29, 1.82) is 0 Å². The second kappa shape index (κ2) is 5.88. The monoisotopic (exact) mass is 330 g/mol. The number of nitrogens with zero attached hydrogens (tertiary/aromatic N) is 1. The van der Waals surface area contributed by atoms with Crippen LogP contribution in [0.1, 0.15) is 13.3 Å². The quantitative estimate of drug-likeness (QED) is 0.921. The van der Waals surface area contributed by atoms with Gasteiger partial charge in [-0.05, 0) is 47.5 Å². The van der Waals surface area contributed by atoms with Gasteiger partial charge in [0.25, 0.3) is 5.91 Å². The Hall–Kier alpha value is -1.14. The normalized spacial score (nSPS) is 20.4. The van der Waals surface area contributed by atoms with Crippen LogP contribution in [0.5, 0.6) is 5.75 Å². The first kappa shape index (κ1) is 14.3. The average molecular weight is 331 g/mol. The van der Waals surface area contributed by atoms with Crippen LogP contribution in [-0.4, -0.2) is 36.0 Å². The first-order valence-corrected chi connectivity index (χ1v) is 6.92. The summed E-state index contributed by atoms with van der Waals surface area (Å²) in [6, 6.07) is 4.15. The van der Waals surface area contributed by atoms with Gasteiger partial charge in [-0.1, -0.05) is 0 Å². The standard InChI is InChI=1S/C13H16BrFN2O2/c1-8(13(18)17-5-4-10(16)7-17)19-12-3-2-9(15)6-11(12)14/h2-3,6,8,10H,4-5,7,16H2,1H3/t8?,10-/m0/s1. The second-order valence-corrected chi connectivity index (χ2v) is 5.52. The van der Waals surface area contributed by atoms with Crippen molar-refractivity contribution in [2.45, 2.75) is 25.5 Å². The molecule has 1 aromatic rings. The number of nitrogens with two attached hydrogens (primary N) is 1. The van der Waals surface area contributed by atoms with E-state index in [1.807, 2.05) is 0 Å². The number of rotatable bonds is 3. The summed E-state index contributed by atoms with van der Waals surface area (Å²) >= 11 is 3.21. The molecule has 1 amide bonds. The molecule has 4 nitrogen and oxygen atoms in total. The molecular weight excluding hydrogens is 315 g/mol. The van der Waals surface area contributed by atoms with Gasteiger partial charge in [-0.15, -0.1) is 0 Å². The number of ether oxygens (including phenoxy) is 1. The van der Waals surface area contributed by atoms with Crippen molar-refractivity contribution >= 4 is 21.8 Å². The van der Waals surface area contributed by atoms with E-state index in [9.17, 15) is 9.18 Å². The molecule has 1 aliphatic rings. The fourth-order valence-corrected chi connectivity index (χ4v) is 2.50. The maximum atomic E-state index is 13.0. The van der Waals surface area contributed by atoms with Crippen LogP contribution in [-0.2, 0) is 4.79 Å². The first-order chi connectivity index (χ1) is 8.97. The summed E-state index contributed by atoms with van der Waals surface area (Å²) in [5.41, 5.74) is 5.77. The van der Waals surface area contributed by atoms with Gasteiger partial charge in [0.05, 0.1) is 4.47 Å². The number of likely N-dealkylation sites (tertiary alicyclic amines) is 1.